The third-order valence-corrected chi connectivity index (χ3v) is 3.09. The lowest BCUT2D eigenvalue weighted by Crippen LogP contribution is -2.05. The number of rotatable bonds is 3. The van der Waals surface area contributed by atoms with Crippen molar-refractivity contribution in [3.63, 3.8) is 0 Å². The van der Waals surface area contributed by atoms with Crippen molar-refractivity contribution in [3.8, 4) is 0 Å². The van der Waals surface area contributed by atoms with Gasteiger partial charge in [0, 0.05) is 23.1 Å². The first kappa shape index (κ1) is 13.9. The zero-order valence-electron chi connectivity index (χ0n) is 9.71. The Labute approximate surface area is 113 Å². The van der Waals surface area contributed by atoms with Crippen molar-refractivity contribution >= 4 is 11.6 Å². The maximum atomic E-state index is 13.4. The molecule has 100 valence electrons. The molecule has 0 bridgehead atoms. The molecular formula is C14H10ClF3O. The van der Waals surface area contributed by atoms with Crippen LogP contribution in [0.1, 0.15) is 17.2 Å². The van der Waals surface area contributed by atoms with E-state index >= 15 is 0 Å². The molecule has 2 aromatic carbocycles. The molecule has 0 saturated heterocycles. The number of aliphatic hydroxyl groups is 1. The highest BCUT2D eigenvalue weighted by atomic mass is 35.5. The zero-order chi connectivity index (χ0) is 14.0. The van der Waals surface area contributed by atoms with Crippen LogP contribution in [0.3, 0.4) is 0 Å². The van der Waals surface area contributed by atoms with Crippen molar-refractivity contribution in [2.24, 2.45) is 0 Å². The van der Waals surface area contributed by atoms with Gasteiger partial charge in [-0.1, -0.05) is 17.7 Å². The van der Waals surface area contributed by atoms with Crippen LogP contribution >= 0.6 is 11.6 Å². The van der Waals surface area contributed by atoms with Crippen LogP contribution in [0, 0.1) is 17.5 Å². The summed E-state index contributed by atoms with van der Waals surface area (Å²) in [5, 5.41) is 10.2. The molecular weight excluding hydrogens is 277 g/mol. The number of hydrogen-bond donors (Lipinski definition) is 1. The average molecular weight is 287 g/mol. The molecule has 0 heterocycles. The van der Waals surface area contributed by atoms with Crippen molar-refractivity contribution in [2.75, 3.05) is 0 Å². The summed E-state index contributed by atoms with van der Waals surface area (Å²) in [5.74, 6) is -2.00. The van der Waals surface area contributed by atoms with E-state index in [2.05, 4.69) is 0 Å². The van der Waals surface area contributed by atoms with E-state index in [1.165, 1.54) is 12.1 Å². The van der Waals surface area contributed by atoms with Crippen molar-refractivity contribution in [2.45, 2.75) is 12.5 Å². The zero-order valence-corrected chi connectivity index (χ0v) is 10.5. The molecule has 5 heteroatoms. The van der Waals surface area contributed by atoms with Crippen LogP contribution in [0.15, 0.2) is 36.4 Å². The fourth-order valence-electron chi connectivity index (χ4n) is 1.78. The highest BCUT2D eigenvalue weighted by Crippen LogP contribution is 2.27. The molecule has 0 aromatic heterocycles. The Morgan fingerprint density at radius 2 is 1.63 bits per heavy atom. The second kappa shape index (κ2) is 5.63. The SMILES string of the molecule is OC(Cc1ccc(F)cc1F)c1cc(F)ccc1Cl. The van der Waals surface area contributed by atoms with Crippen LogP contribution in [0.25, 0.3) is 0 Å². The standard InChI is InChI=1S/C14H10ClF3O/c15-12-4-3-9(16)6-11(12)14(19)5-8-1-2-10(17)7-13(8)18/h1-4,6-7,14,19H,5H2. The fourth-order valence-corrected chi connectivity index (χ4v) is 2.02. The van der Waals surface area contributed by atoms with Crippen LogP contribution in [0.4, 0.5) is 13.2 Å². The lowest BCUT2D eigenvalue weighted by atomic mass is 10.0. The molecule has 2 aromatic rings. The highest BCUT2D eigenvalue weighted by molar-refractivity contribution is 6.31. The van der Waals surface area contributed by atoms with E-state index in [0.29, 0.717) is 0 Å². The average Bonchev–Trinajstić information content (AvgIpc) is 2.35. The summed E-state index contributed by atoms with van der Waals surface area (Å²) in [6.45, 7) is 0. The predicted molar refractivity (Wildman–Crippen MR) is 66.4 cm³/mol. The summed E-state index contributed by atoms with van der Waals surface area (Å²) in [5.41, 5.74) is 0.305. The molecule has 0 aliphatic carbocycles. The second-order valence-electron chi connectivity index (χ2n) is 4.12. The van der Waals surface area contributed by atoms with Gasteiger partial charge in [-0.15, -0.1) is 0 Å². The molecule has 0 aliphatic rings. The Morgan fingerprint density at radius 3 is 2.32 bits per heavy atom. The highest BCUT2D eigenvalue weighted by Gasteiger charge is 2.15. The van der Waals surface area contributed by atoms with Crippen molar-refractivity contribution in [3.05, 3.63) is 70.0 Å². The van der Waals surface area contributed by atoms with E-state index < -0.39 is 23.6 Å². The molecule has 1 atom stereocenters. The lowest BCUT2D eigenvalue weighted by molar-refractivity contribution is 0.176. The van der Waals surface area contributed by atoms with Gasteiger partial charge in [-0.2, -0.15) is 0 Å². The normalized spacial score (nSPS) is 12.5. The van der Waals surface area contributed by atoms with Gasteiger partial charge in [0.05, 0.1) is 6.10 Å². The van der Waals surface area contributed by atoms with Gasteiger partial charge in [-0.05, 0) is 29.8 Å². The first-order valence-electron chi connectivity index (χ1n) is 5.54. The Morgan fingerprint density at radius 1 is 1.00 bits per heavy atom. The summed E-state index contributed by atoms with van der Waals surface area (Å²) >= 11 is 5.84. The number of benzene rings is 2. The van der Waals surface area contributed by atoms with Crippen LogP contribution in [0.2, 0.25) is 5.02 Å². The van der Waals surface area contributed by atoms with Crippen LogP contribution < -0.4 is 0 Å². The smallest absolute Gasteiger partial charge is 0.129 e. The second-order valence-corrected chi connectivity index (χ2v) is 4.53. The fraction of sp³-hybridized carbons (Fsp3) is 0.143. The maximum absolute atomic E-state index is 13.4. The quantitative estimate of drug-likeness (QED) is 0.903. The number of aliphatic hydroxyl groups excluding tert-OH is 1. The van der Waals surface area contributed by atoms with Crippen LogP contribution in [-0.4, -0.2) is 5.11 Å². The van der Waals surface area contributed by atoms with Gasteiger partial charge < -0.3 is 5.11 Å². The monoisotopic (exact) mass is 286 g/mol. The third kappa shape index (κ3) is 3.28. The third-order valence-electron chi connectivity index (χ3n) is 2.75. The molecule has 0 spiro atoms. The van der Waals surface area contributed by atoms with E-state index in [0.717, 1.165) is 24.3 Å². The number of halogens is 4. The minimum absolute atomic E-state index is 0.116. The molecule has 1 unspecified atom stereocenters. The first-order valence-corrected chi connectivity index (χ1v) is 5.92. The predicted octanol–water partition coefficient (Wildman–Crippen LogP) is 4.03. The summed E-state index contributed by atoms with van der Waals surface area (Å²) < 4.78 is 39.3. The first-order chi connectivity index (χ1) is 8.97. The van der Waals surface area contributed by atoms with Crippen molar-refractivity contribution < 1.29 is 18.3 Å². The minimum Gasteiger partial charge on any atom is -0.388 e. The Hall–Kier alpha value is -1.52. The summed E-state index contributed by atoms with van der Waals surface area (Å²) in [6.07, 6.45) is -1.28. The van der Waals surface area contributed by atoms with Gasteiger partial charge >= 0.3 is 0 Å². The molecule has 0 saturated carbocycles. The largest absolute Gasteiger partial charge is 0.388 e. The molecule has 0 amide bonds. The summed E-state index contributed by atoms with van der Waals surface area (Å²) in [4.78, 5) is 0. The van der Waals surface area contributed by atoms with Crippen LogP contribution in [0.5, 0.6) is 0 Å². The number of hydrogen-bond acceptors (Lipinski definition) is 1. The van der Waals surface area contributed by atoms with Gasteiger partial charge in [-0.3, -0.25) is 0 Å². The summed E-state index contributed by atoms with van der Waals surface area (Å²) in [7, 11) is 0. The van der Waals surface area contributed by atoms with E-state index in [9.17, 15) is 18.3 Å². The molecule has 2 rings (SSSR count). The Balaban J connectivity index is 2.25. The molecule has 1 nitrogen and oxygen atoms in total. The van der Waals surface area contributed by atoms with E-state index in [-0.39, 0.29) is 22.6 Å². The molecule has 1 N–H and O–H groups in total. The molecule has 0 aliphatic heterocycles. The topological polar surface area (TPSA) is 20.2 Å². The maximum Gasteiger partial charge on any atom is 0.129 e. The van der Waals surface area contributed by atoms with E-state index in [1.807, 2.05) is 0 Å². The van der Waals surface area contributed by atoms with Crippen LogP contribution in [-0.2, 0) is 6.42 Å². The van der Waals surface area contributed by atoms with Gasteiger partial charge in [0.25, 0.3) is 0 Å². The molecule has 0 fully saturated rings. The van der Waals surface area contributed by atoms with Gasteiger partial charge in [0.15, 0.2) is 0 Å². The van der Waals surface area contributed by atoms with E-state index in [4.69, 9.17) is 11.6 Å². The van der Waals surface area contributed by atoms with Crippen molar-refractivity contribution in [1.29, 1.82) is 0 Å². The Bertz CT molecular complexity index is 601. The Kier molecular flexibility index (Phi) is 4.12. The van der Waals surface area contributed by atoms with Gasteiger partial charge in [-0.25, -0.2) is 13.2 Å². The molecule has 19 heavy (non-hydrogen) atoms. The summed E-state index contributed by atoms with van der Waals surface area (Å²) in [6, 6.07) is 6.64. The van der Waals surface area contributed by atoms with Gasteiger partial charge in [0.1, 0.15) is 17.5 Å². The molecule has 0 radical (unpaired) electrons. The van der Waals surface area contributed by atoms with Crippen molar-refractivity contribution in [1.82, 2.24) is 0 Å². The minimum atomic E-state index is -1.16. The van der Waals surface area contributed by atoms with Gasteiger partial charge in [0.2, 0.25) is 0 Å². The van der Waals surface area contributed by atoms with E-state index in [1.54, 1.807) is 0 Å². The lowest BCUT2D eigenvalue weighted by Gasteiger charge is -2.13.